The lowest BCUT2D eigenvalue weighted by Gasteiger charge is -2.43. The number of fused-ring (bicyclic) bond motifs is 6. The van der Waals surface area contributed by atoms with E-state index in [-0.39, 0.29) is 28.4 Å². The van der Waals surface area contributed by atoms with Gasteiger partial charge in [-0.05, 0) is 122 Å². The van der Waals surface area contributed by atoms with Crippen molar-refractivity contribution in [2.75, 3.05) is 9.80 Å². The van der Waals surface area contributed by atoms with Crippen LogP contribution in [-0.2, 0) is 28.1 Å². The van der Waals surface area contributed by atoms with Crippen LogP contribution in [0.2, 0.25) is 0 Å². The van der Waals surface area contributed by atoms with E-state index in [9.17, 15) is 0 Å². The summed E-state index contributed by atoms with van der Waals surface area (Å²) in [7, 11) is 0. The molecule has 0 aliphatic carbocycles. The molecular formula is C52H61BN2S. The minimum Gasteiger partial charge on any atom is -0.311 e. The van der Waals surface area contributed by atoms with Gasteiger partial charge in [-0.3, -0.25) is 0 Å². The standard InChI is InChI=1S/C52H61BN2S/c1-14-15-17-33-28-37(52(11,12)13)30-39(29-33)54-42-27-23-35(50(5,6)7)31-41(42)53-46-43(54)18-16-19-44(46)55(38-24-20-34(21-25-38)49(2,3)4)47-40-26-22-36(51(8,9)10)32-45(40)56-48(47)53/h16,18-32H,14-15,17H2,1-13H3. The van der Waals surface area contributed by atoms with E-state index in [4.69, 9.17) is 0 Å². The lowest BCUT2D eigenvalue weighted by Crippen LogP contribution is -2.60. The largest absolute Gasteiger partial charge is 0.311 e. The Morgan fingerprint density at radius 1 is 0.536 bits per heavy atom. The van der Waals surface area contributed by atoms with Crippen molar-refractivity contribution in [2.24, 2.45) is 0 Å². The van der Waals surface area contributed by atoms with Gasteiger partial charge in [0.25, 0.3) is 6.71 Å². The highest BCUT2D eigenvalue weighted by atomic mass is 32.1. The molecule has 2 aliphatic heterocycles. The van der Waals surface area contributed by atoms with Gasteiger partial charge in [-0.15, -0.1) is 11.3 Å². The molecule has 0 bridgehead atoms. The van der Waals surface area contributed by atoms with Crippen molar-refractivity contribution < 1.29 is 0 Å². The quantitative estimate of drug-likeness (QED) is 0.161. The minimum absolute atomic E-state index is 0.0131. The van der Waals surface area contributed by atoms with E-state index in [0.717, 1.165) is 6.42 Å². The summed E-state index contributed by atoms with van der Waals surface area (Å²) in [6.45, 7) is 30.4. The molecule has 0 amide bonds. The molecule has 0 saturated carbocycles. The molecule has 0 N–H and O–H groups in total. The number of hydrogen-bond acceptors (Lipinski definition) is 3. The van der Waals surface area contributed by atoms with Crippen LogP contribution in [0, 0.1) is 0 Å². The molecule has 4 heteroatoms. The van der Waals surface area contributed by atoms with Crippen molar-refractivity contribution in [3.8, 4) is 0 Å². The molecule has 0 atom stereocenters. The average molecular weight is 757 g/mol. The Hall–Kier alpha value is -4.28. The van der Waals surface area contributed by atoms with E-state index in [1.165, 1.54) is 101 Å². The van der Waals surface area contributed by atoms with Crippen LogP contribution in [-0.4, -0.2) is 6.71 Å². The van der Waals surface area contributed by atoms with Gasteiger partial charge >= 0.3 is 0 Å². The number of nitrogens with zero attached hydrogens (tertiary/aromatic N) is 2. The van der Waals surface area contributed by atoms with Crippen LogP contribution in [0.15, 0.2) is 97.1 Å². The Labute approximate surface area is 342 Å². The molecule has 2 aliphatic rings. The Morgan fingerprint density at radius 3 is 1.75 bits per heavy atom. The normalized spacial score (nSPS) is 14.3. The Kier molecular flexibility index (Phi) is 9.24. The third kappa shape index (κ3) is 6.60. The fourth-order valence-corrected chi connectivity index (χ4v) is 10.1. The number of aryl methyl sites for hydroxylation is 1. The van der Waals surface area contributed by atoms with Gasteiger partial charge in [-0.1, -0.05) is 145 Å². The van der Waals surface area contributed by atoms with Gasteiger partial charge in [0.2, 0.25) is 0 Å². The van der Waals surface area contributed by atoms with Crippen molar-refractivity contribution in [1.29, 1.82) is 0 Å². The van der Waals surface area contributed by atoms with Crippen molar-refractivity contribution >= 4 is 78.0 Å². The molecule has 5 aromatic carbocycles. The molecule has 0 fully saturated rings. The van der Waals surface area contributed by atoms with Gasteiger partial charge in [-0.2, -0.15) is 0 Å². The lowest BCUT2D eigenvalue weighted by atomic mass is 9.36. The van der Waals surface area contributed by atoms with Crippen molar-refractivity contribution in [1.82, 2.24) is 0 Å². The van der Waals surface area contributed by atoms with E-state index in [2.05, 4.69) is 197 Å². The fourth-order valence-electron chi connectivity index (χ4n) is 8.77. The van der Waals surface area contributed by atoms with Crippen molar-refractivity contribution in [3.05, 3.63) is 125 Å². The Balaban J connectivity index is 1.46. The molecular weight excluding hydrogens is 695 g/mol. The first-order chi connectivity index (χ1) is 26.3. The molecule has 2 nitrogen and oxygen atoms in total. The van der Waals surface area contributed by atoms with Crippen LogP contribution < -0.4 is 25.5 Å². The maximum atomic E-state index is 2.61. The molecule has 0 saturated heterocycles. The van der Waals surface area contributed by atoms with E-state index in [1.54, 1.807) is 0 Å². The van der Waals surface area contributed by atoms with Gasteiger partial charge < -0.3 is 9.80 Å². The van der Waals surface area contributed by atoms with Crippen LogP contribution in [0.5, 0.6) is 0 Å². The SMILES string of the molecule is CCCCc1cc(N2c3ccc(C(C)(C)C)cc3B3c4sc5cc(C(C)(C)C)ccc5c4N(c4ccc(C(C)(C)C)cc4)c4cccc2c43)cc(C(C)(C)C)c1. The smallest absolute Gasteiger partial charge is 0.264 e. The second kappa shape index (κ2) is 13.4. The highest BCUT2D eigenvalue weighted by Crippen LogP contribution is 2.49. The number of anilines is 6. The van der Waals surface area contributed by atoms with E-state index in [0.29, 0.717) is 0 Å². The third-order valence-electron chi connectivity index (χ3n) is 12.2. The van der Waals surface area contributed by atoms with Crippen molar-refractivity contribution in [2.45, 2.75) is 131 Å². The zero-order valence-electron chi connectivity index (χ0n) is 36.2. The van der Waals surface area contributed by atoms with Crippen LogP contribution >= 0.6 is 11.3 Å². The zero-order chi connectivity index (χ0) is 40.1. The summed E-state index contributed by atoms with van der Waals surface area (Å²) in [5.41, 5.74) is 17.6. The van der Waals surface area contributed by atoms with E-state index < -0.39 is 0 Å². The van der Waals surface area contributed by atoms with E-state index in [1.807, 2.05) is 11.3 Å². The number of unbranched alkanes of at least 4 members (excludes halogenated alkanes) is 1. The van der Waals surface area contributed by atoms with Crippen LogP contribution in [0.25, 0.3) is 10.1 Å². The molecule has 1 aromatic heterocycles. The summed E-state index contributed by atoms with van der Waals surface area (Å²) in [5.74, 6) is 0. The Bertz CT molecular complexity index is 2460. The second-order valence-electron chi connectivity index (χ2n) is 20.7. The van der Waals surface area contributed by atoms with Crippen LogP contribution in [0.4, 0.5) is 34.1 Å². The highest BCUT2D eigenvalue weighted by molar-refractivity contribution is 7.33. The summed E-state index contributed by atoms with van der Waals surface area (Å²) in [4.78, 5) is 5.21. The molecule has 0 unspecified atom stereocenters. The summed E-state index contributed by atoms with van der Waals surface area (Å²) in [6, 6.07) is 38.5. The van der Waals surface area contributed by atoms with Crippen molar-refractivity contribution in [3.63, 3.8) is 0 Å². The molecule has 8 rings (SSSR count). The van der Waals surface area contributed by atoms with Crippen LogP contribution in [0.1, 0.15) is 131 Å². The molecule has 0 radical (unpaired) electrons. The van der Waals surface area contributed by atoms with Gasteiger partial charge in [0.15, 0.2) is 0 Å². The zero-order valence-corrected chi connectivity index (χ0v) is 37.1. The van der Waals surface area contributed by atoms with E-state index >= 15 is 0 Å². The molecule has 0 spiro atoms. The molecule has 288 valence electrons. The fraction of sp³-hybridized carbons (Fsp3) is 0.385. The summed E-state index contributed by atoms with van der Waals surface area (Å²) in [5, 5.41) is 1.34. The Morgan fingerprint density at radius 2 is 1.12 bits per heavy atom. The number of thiophene rings is 1. The molecule has 56 heavy (non-hydrogen) atoms. The van der Waals surface area contributed by atoms with Crippen LogP contribution in [0.3, 0.4) is 0 Å². The lowest BCUT2D eigenvalue weighted by molar-refractivity contribution is 0.588. The van der Waals surface area contributed by atoms with Gasteiger partial charge in [0, 0.05) is 43.3 Å². The number of benzene rings is 5. The summed E-state index contributed by atoms with van der Waals surface area (Å²) in [6.07, 6.45) is 3.47. The maximum Gasteiger partial charge on any atom is 0.264 e. The number of hydrogen-bond donors (Lipinski definition) is 0. The van der Waals surface area contributed by atoms with Gasteiger partial charge in [-0.25, -0.2) is 0 Å². The predicted molar refractivity (Wildman–Crippen MR) is 249 cm³/mol. The topological polar surface area (TPSA) is 6.48 Å². The third-order valence-corrected chi connectivity index (χ3v) is 13.4. The molecule has 6 aromatic rings. The number of rotatable bonds is 5. The molecule has 3 heterocycles. The summed E-state index contributed by atoms with van der Waals surface area (Å²) >= 11 is 2.01. The second-order valence-corrected chi connectivity index (χ2v) is 21.7. The highest BCUT2D eigenvalue weighted by Gasteiger charge is 2.45. The van der Waals surface area contributed by atoms with Gasteiger partial charge in [0.05, 0.1) is 5.69 Å². The first-order valence-corrected chi connectivity index (χ1v) is 21.8. The minimum atomic E-state index is 0.0131. The first kappa shape index (κ1) is 38.6. The first-order valence-electron chi connectivity index (χ1n) is 21.0. The van der Waals surface area contributed by atoms with Gasteiger partial charge in [0.1, 0.15) is 0 Å². The average Bonchev–Trinajstić information content (AvgIpc) is 3.50. The monoisotopic (exact) mass is 756 g/mol. The summed E-state index contributed by atoms with van der Waals surface area (Å²) < 4.78 is 2.80. The maximum absolute atomic E-state index is 2.61. The predicted octanol–water partition coefficient (Wildman–Crippen LogP) is 13.5.